The van der Waals surface area contributed by atoms with E-state index in [-0.39, 0.29) is 6.04 Å². The monoisotopic (exact) mass is 317 g/mol. The van der Waals surface area contributed by atoms with E-state index in [4.69, 9.17) is 16.3 Å². The highest BCUT2D eigenvalue weighted by molar-refractivity contribution is 7.17. The zero-order chi connectivity index (χ0) is 14.8. The van der Waals surface area contributed by atoms with Crippen LogP contribution in [0.15, 0.2) is 47.8 Å². The molecule has 2 nitrogen and oxygen atoms in total. The SMILES string of the molecule is CNC(c1ccc(OC)cc1Cl)c1csc2ccccc12. The van der Waals surface area contributed by atoms with E-state index in [1.54, 1.807) is 18.4 Å². The molecule has 2 aromatic carbocycles. The van der Waals surface area contributed by atoms with Crippen LogP contribution in [0.5, 0.6) is 5.75 Å². The number of nitrogens with one attached hydrogen (secondary N) is 1. The van der Waals surface area contributed by atoms with Gasteiger partial charge in [0.15, 0.2) is 0 Å². The molecule has 4 heteroatoms. The summed E-state index contributed by atoms with van der Waals surface area (Å²) < 4.78 is 6.51. The molecular formula is C17H16ClNOS. The number of thiophene rings is 1. The predicted octanol–water partition coefficient (Wildman–Crippen LogP) is 4.87. The first-order valence-corrected chi connectivity index (χ1v) is 7.97. The number of rotatable bonds is 4. The van der Waals surface area contributed by atoms with E-state index in [0.29, 0.717) is 5.02 Å². The lowest BCUT2D eigenvalue weighted by atomic mass is 9.98. The number of hydrogen-bond acceptors (Lipinski definition) is 3. The normalized spacial score (nSPS) is 12.5. The Bertz CT molecular complexity index is 768. The van der Waals surface area contributed by atoms with Crippen molar-refractivity contribution in [3.8, 4) is 5.75 Å². The largest absolute Gasteiger partial charge is 0.497 e. The molecule has 21 heavy (non-hydrogen) atoms. The van der Waals surface area contributed by atoms with Crippen LogP contribution in [0, 0.1) is 0 Å². The van der Waals surface area contributed by atoms with Gasteiger partial charge in [0.05, 0.1) is 13.2 Å². The second kappa shape index (κ2) is 6.06. The first kappa shape index (κ1) is 14.4. The zero-order valence-corrected chi connectivity index (χ0v) is 13.5. The van der Waals surface area contributed by atoms with Gasteiger partial charge in [0.2, 0.25) is 0 Å². The van der Waals surface area contributed by atoms with Crippen molar-refractivity contribution in [3.05, 3.63) is 64.0 Å². The Labute approximate surface area is 133 Å². The second-order valence-corrected chi connectivity index (χ2v) is 6.11. The molecule has 1 heterocycles. The average molecular weight is 318 g/mol. The Kier molecular flexibility index (Phi) is 4.15. The molecule has 0 radical (unpaired) electrons. The van der Waals surface area contributed by atoms with Gasteiger partial charge in [-0.05, 0) is 47.1 Å². The summed E-state index contributed by atoms with van der Waals surface area (Å²) in [6.45, 7) is 0. The van der Waals surface area contributed by atoms with Crippen LogP contribution in [-0.2, 0) is 0 Å². The Morgan fingerprint density at radius 1 is 1.14 bits per heavy atom. The molecule has 0 aliphatic rings. The Morgan fingerprint density at radius 3 is 2.67 bits per heavy atom. The third-order valence-corrected chi connectivity index (χ3v) is 4.94. The molecule has 108 valence electrons. The Hall–Kier alpha value is -1.55. The van der Waals surface area contributed by atoms with E-state index < -0.39 is 0 Å². The predicted molar refractivity (Wildman–Crippen MR) is 90.7 cm³/mol. The molecule has 1 unspecified atom stereocenters. The van der Waals surface area contributed by atoms with Crippen LogP contribution < -0.4 is 10.1 Å². The van der Waals surface area contributed by atoms with E-state index in [1.807, 2.05) is 25.2 Å². The summed E-state index contributed by atoms with van der Waals surface area (Å²) in [4.78, 5) is 0. The first-order chi connectivity index (χ1) is 10.2. The van der Waals surface area contributed by atoms with Gasteiger partial charge in [-0.25, -0.2) is 0 Å². The molecule has 1 atom stereocenters. The molecule has 0 saturated heterocycles. The first-order valence-electron chi connectivity index (χ1n) is 6.71. The van der Waals surface area contributed by atoms with Gasteiger partial charge in [-0.2, -0.15) is 0 Å². The topological polar surface area (TPSA) is 21.3 Å². The van der Waals surface area contributed by atoms with Gasteiger partial charge in [0.1, 0.15) is 5.75 Å². The fraction of sp³-hybridized carbons (Fsp3) is 0.176. The lowest BCUT2D eigenvalue weighted by Crippen LogP contribution is -2.17. The van der Waals surface area contributed by atoms with Gasteiger partial charge in [0, 0.05) is 9.72 Å². The fourth-order valence-corrected chi connectivity index (χ4v) is 3.84. The van der Waals surface area contributed by atoms with Crippen molar-refractivity contribution in [2.24, 2.45) is 0 Å². The van der Waals surface area contributed by atoms with Crippen LogP contribution in [0.2, 0.25) is 5.02 Å². The van der Waals surface area contributed by atoms with Crippen molar-refractivity contribution in [2.45, 2.75) is 6.04 Å². The number of fused-ring (bicyclic) bond motifs is 1. The van der Waals surface area contributed by atoms with Gasteiger partial charge in [-0.1, -0.05) is 35.9 Å². The molecule has 0 aliphatic heterocycles. The Balaban J connectivity index is 2.10. The van der Waals surface area contributed by atoms with Crippen molar-refractivity contribution in [1.29, 1.82) is 0 Å². The van der Waals surface area contributed by atoms with E-state index in [1.165, 1.54) is 15.6 Å². The van der Waals surface area contributed by atoms with Crippen molar-refractivity contribution in [3.63, 3.8) is 0 Å². The van der Waals surface area contributed by atoms with Crippen molar-refractivity contribution >= 4 is 33.0 Å². The summed E-state index contributed by atoms with van der Waals surface area (Å²) in [7, 11) is 3.60. The second-order valence-electron chi connectivity index (χ2n) is 4.80. The highest BCUT2D eigenvalue weighted by Crippen LogP contribution is 2.36. The fourth-order valence-electron chi connectivity index (χ4n) is 2.57. The summed E-state index contributed by atoms with van der Waals surface area (Å²) in [5, 5.41) is 7.56. The minimum absolute atomic E-state index is 0.0690. The molecule has 3 aromatic rings. The number of benzene rings is 2. The van der Waals surface area contributed by atoms with Gasteiger partial charge in [-0.3, -0.25) is 0 Å². The highest BCUT2D eigenvalue weighted by Gasteiger charge is 2.19. The van der Waals surface area contributed by atoms with Gasteiger partial charge in [-0.15, -0.1) is 11.3 Å². The molecule has 0 aliphatic carbocycles. The molecule has 0 amide bonds. The van der Waals surface area contributed by atoms with Crippen LogP contribution in [0.4, 0.5) is 0 Å². The molecule has 0 spiro atoms. The van der Waals surface area contributed by atoms with E-state index in [2.05, 4.69) is 35.0 Å². The van der Waals surface area contributed by atoms with Crippen molar-refractivity contribution in [2.75, 3.05) is 14.2 Å². The minimum Gasteiger partial charge on any atom is -0.497 e. The van der Waals surface area contributed by atoms with Crippen LogP contribution in [0.1, 0.15) is 17.2 Å². The van der Waals surface area contributed by atoms with Gasteiger partial charge in [0.25, 0.3) is 0 Å². The standard InChI is InChI=1S/C17H16ClNOS/c1-19-17(13-8-7-11(20-2)9-15(13)18)14-10-21-16-6-4-3-5-12(14)16/h3-10,17,19H,1-2H3. The quantitative estimate of drug-likeness (QED) is 0.741. The number of hydrogen-bond donors (Lipinski definition) is 1. The third kappa shape index (κ3) is 2.64. The molecule has 3 rings (SSSR count). The van der Waals surface area contributed by atoms with Crippen molar-refractivity contribution < 1.29 is 4.74 Å². The maximum absolute atomic E-state index is 6.43. The molecule has 1 aromatic heterocycles. The molecular weight excluding hydrogens is 302 g/mol. The lowest BCUT2D eigenvalue weighted by molar-refractivity contribution is 0.414. The maximum atomic E-state index is 6.43. The molecule has 1 N–H and O–H groups in total. The summed E-state index contributed by atoms with van der Waals surface area (Å²) in [5.41, 5.74) is 2.31. The van der Waals surface area contributed by atoms with E-state index >= 15 is 0 Å². The third-order valence-electron chi connectivity index (χ3n) is 3.63. The summed E-state index contributed by atoms with van der Waals surface area (Å²) in [6, 6.07) is 14.3. The maximum Gasteiger partial charge on any atom is 0.120 e. The summed E-state index contributed by atoms with van der Waals surface area (Å²) >= 11 is 8.19. The van der Waals surface area contributed by atoms with Crippen LogP contribution in [0.3, 0.4) is 0 Å². The lowest BCUT2D eigenvalue weighted by Gasteiger charge is -2.18. The van der Waals surface area contributed by atoms with Gasteiger partial charge < -0.3 is 10.1 Å². The summed E-state index contributed by atoms with van der Waals surface area (Å²) in [5.74, 6) is 0.772. The number of halogens is 1. The molecule has 0 bridgehead atoms. The van der Waals surface area contributed by atoms with E-state index in [0.717, 1.165) is 11.3 Å². The summed E-state index contributed by atoms with van der Waals surface area (Å²) in [6.07, 6.45) is 0. The Morgan fingerprint density at radius 2 is 1.95 bits per heavy atom. The molecule has 0 saturated carbocycles. The average Bonchev–Trinajstić information content (AvgIpc) is 2.94. The highest BCUT2D eigenvalue weighted by atomic mass is 35.5. The zero-order valence-electron chi connectivity index (χ0n) is 11.9. The number of methoxy groups -OCH3 is 1. The van der Waals surface area contributed by atoms with E-state index in [9.17, 15) is 0 Å². The smallest absolute Gasteiger partial charge is 0.120 e. The van der Waals surface area contributed by atoms with Crippen molar-refractivity contribution in [1.82, 2.24) is 5.32 Å². The van der Waals surface area contributed by atoms with Crippen LogP contribution in [-0.4, -0.2) is 14.2 Å². The van der Waals surface area contributed by atoms with Crippen LogP contribution in [0.25, 0.3) is 10.1 Å². The van der Waals surface area contributed by atoms with Crippen LogP contribution >= 0.6 is 22.9 Å². The van der Waals surface area contributed by atoms with Gasteiger partial charge >= 0.3 is 0 Å². The minimum atomic E-state index is 0.0690. The number of ether oxygens (including phenoxy) is 1. The molecule has 0 fully saturated rings.